The average Bonchev–Trinajstić information content (AvgIpc) is 2.80. The highest BCUT2D eigenvalue weighted by atomic mass is 35.5. The number of rotatable bonds is 5. The van der Waals surface area contributed by atoms with E-state index in [1.54, 1.807) is 13.8 Å². The molecule has 4 nitrogen and oxygen atoms in total. The van der Waals surface area contributed by atoms with Crippen molar-refractivity contribution >= 4 is 34.1 Å². The molecule has 0 aliphatic heterocycles. The van der Waals surface area contributed by atoms with Crippen LogP contribution in [0.25, 0.3) is 0 Å². The molecule has 0 aliphatic rings. The molecule has 21 heavy (non-hydrogen) atoms. The van der Waals surface area contributed by atoms with Gasteiger partial charge in [0, 0.05) is 11.1 Å². The highest BCUT2D eigenvalue weighted by Crippen LogP contribution is 2.29. The standard InChI is InChI=1S/C15H17ClN2O2S/c1-4-20-15(19)13-10(3)18-21-14(13)17-9(2)11-5-7-12(16)8-6-11/h5-9,17H,4H2,1-3H3. The van der Waals surface area contributed by atoms with Gasteiger partial charge in [0.2, 0.25) is 0 Å². The molecular weight excluding hydrogens is 308 g/mol. The summed E-state index contributed by atoms with van der Waals surface area (Å²) < 4.78 is 9.32. The summed E-state index contributed by atoms with van der Waals surface area (Å²) in [7, 11) is 0. The van der Waals surface area contributed by atoms with Crippen molar-refractivity contribution in [2.24, 2.45) is 0 Å². The van der Waals surface area contributed by atoms with Gasteiger partial charge in [-0.05, 0) is 50.0 Å². The third kappa shape index (κ3) is 3.74. The van der Waals surface area contributed by atoms with E-state index < -0.39 is 0 Å². The average molecular weight is 325 g/mol. The van der Waals surface area contributed by atoms with Crippen LogP contribution in [0.4, 0.5) is 5.00 Å². The number of halogens is 1. The van der Waals surface area contributed by atoms with Gasteiger partial charge in [0.25, 0.3) is 0 Å². The maximum Gasteiger partial charge on any atom is 0.343 e. The topological polar surface area (TPSA) is 51.2 Å². The first-order valence-corrected chi connectivity index (χ1v) is 7.83. The second kappa shape index (κ2) is 6.91. The Morgan fingerprint density at radius 2 is 2.10 bits per heavy atom. The zero-order chi connectivity index (χ0) is 15.4. The molecule has 2 rings (SSSR count). The van der Waals surface area contributed by atoms with Gasteiger partial charge in [0.15, 0.2) is 0 Å². The van der Waals surface area contributed by atoms with E-state index in [1.807, 2.05) is 31.2 Å². The molecule has 1 unspecified atom stereocenters. The number of nitrogens with one attached hydrogen (secondary N) is 1. The van der Waals surface area contributed by atoms with Crippen LogP contribution in [0.15, 0.2) is 24.3 Å². The molecule has 0 amide bonds. The van der Waals surface area contributed by atoms with Gasteiger partial charge in [-0.25, -0.2) is 4.79 Å². The number of aryl methyl sites for hydroxylation is 1. The zero-order valence-electron chi connectivity index (χ0n) is 12.1. The van der Waals surface area contributed by atoms with E-state index >= 15 is 0 Å². The van der Waals surface area contributed by atoms with Gasteiger partial charge < -0.3 is 10.1 Å². The minimum Gasteiger partial charge on any atom is -0.462 e. The van der Waals surface area contributed by atoms with Crippen molar-refractivity contribution in [2.75, 3.05) is 11.9 Å². The fourth-order valence-corrected chi connectivity index (χ4v) is 2.94. The van der Waals surface area contributed by atoms with Gasteiger partial charge >= 0.3 is 5.97 Å². The van der Waals surface area contributed by atoms with Crippen LogP contribution in [-0.2, 0) is 4.74 Å². The van der Waals surface area contributed by atoms with Crippen LogP contribution in [0, 0.1) is 6.92 Å². The van der Waals surface area contributed by atoms with Gasteiger partial charge in [0.05, 0.1) is 12.3 Å². The molecule has 0 aliphatic carbocycles. The van der Waals surface area contributed by atoms with Crippen LogP contribution in [0.2, 0.25) is 5.02 Å². The van der Waals surface area contributed by atoms with Crippen molar-refractivity contribution in [1.82, 2.24) is 4.37 Å². The van der Waals surface area contributed by atoms with Crippen LogP contribution >= 0.6 is 23.1 Å². The first-order chi connectivity index (χ1) is 10.0. The van der Waals surface area contributed by atoms with Gasteiger partial charge in [-0.15, -0.1) is 0 Å². The van der Waals surface area contributed by atoms with E-state index in [0.29, 0.717) is 22.9 Å². The molecule has 2 aromatic rings. The molecule has 1 aromatic carbocycles. The predicted molar refractivity (Wildman–Crippen MR) is 86.3 cm³/mol. The maximum atomic E-state index is 12.0. The van der Waals surface area contributed by atoms with E-state index in [4.69, 9.17) is 16.3 Å². The van der Waals surface area contributed by atoms with E-state index in [0.717, 1.165) is 10.6 Å². The second-order valence-corrected chi connectivity index (χ2v) is 5.82. The number of carbonyl (C=O) groups is 1. The quantitative estimate of drug-likeness (QED) is 0.825. The van der Waals surface area contributed by atoms with Gasteiger partial charge in [0.1, 0.15) is 10.6 Å². The molecule has 0 fully saturated rings. The Hall–Kier alpha value is -1.59. The maximum absolute atomic E-state index is 12.0. The van der Waals surface area contributed by atoms with Crippen molar-refractivity contribution in [3.63, 3.8) is 0 Å². The van der Waals surface area contributed by atoms with Crippen LogP contribution in [0.3, 0.4) is 0 Å². The van der Waals surface area contributed by atoms with Crippen molar-refractivity contribution < 1.29 is 9.53 Å². The summed E-state index contributed by atoms with van der Waals surface area (Å²) in [6, 6.07) is 7.64. The normalized spacial score (nSPS) is 12.0. The summed E-state index contributed by atoms with van der Waals surface area (Å²) in [5.74, 6) is -0.338. The smallest absolute Gasteiger partial charge is 0.343 e. The summed E-state index contributed by atoms with van der Waals surface area (Å²) in [6.07, 6.45) is 0. The fraction of sp³-hybridized carbons (Fsp3) is 0.333. The number of nitrogens with zero attached hydrogens (tertiary/aromatic N) is 1. The summed E-state index contributed by atoms with van der Waals surface area (Å²) in [4.78, 5) is 12.0. The molecule has 6 heteroatoms. The summed E-state index contributed by atoms with van der Waals surface area (Å²) in [5, 5.41) is 4.75. The van der Waals surface area contributed by atoms with Crippen LogP contribution in [0.5, 0.6) is 0 Å². The SMILES string of the molecule is CCOC(=O)c1c(C)nsc1NC(C)c1ccc(Cl)cc1. The van der Waals surface area contributed by atoms with E-state index in [9.17, 15) is 4.79 Å². The Morgan fingerprint density at radius 3 is 2.71 bits per heavy atom. The number of hydrogen-bond donors (Lipinski definition) is 1. The molecule has 0 bridgehead atoms. The lowest BCUT2D eigenvalue weighted by Crippen LogP contribution is -2.11. The lowest BCUT2D eigenvalue weighted by molar-refractivity contribution is 0.0527. The number of aromatic nitrogens is 1. The molecule has 1 aromatic heterocycles. The Balaban J connectivity index is 2.19. The highest BCUT2D eigenvalue weighted by molar-refractivity contribution is 7.10. The number of hydrogen-bond acceptors (Lipinski definition) is 5. The van der Waals surface area contributed by atoms with Crippen LogP contribution in [-0.4, -0.2) is 16.9 Å². The van der Waals surface area contributed by atoms with Crippen molar-refractivity contribution in [1.29, 1.82) is 0 Å². The first-order valence-electron chi connectivity index (χ1n) is 6.68. The molecule has 1 N–H and O–H groups in total. The van der Waals surface area contributed by atoms with Crippen molar-refractivity contribution in [3.8, 4) is 0 Å². The molecule has 0 radical (unpaired) electrons. The van der Waals surface area contributed by atoms with E-state index in [2.05, 4.69) is 9.69 Å². The summed E-state index contributed by atoms with van der Waals surface area (Å²) >= 11 is 7.16. The van der Waals surface area contributed by atoms with Gasteiger partial charge in [-0.3, -0.25) is 0 Å². The first kappa shape index (κ1) is 15.8. The molecule has 0 saturated carbocycles. The Labute approximate surface area is 133 Å². The minimum atomic E-state index is -0.338. The zero-order valence-corrected chi connectivity index (χ0v) is 13.7. The molecule has 1 atom stereocenters. The Bertz CT molecular complexity index is 625. The molecule has 1 heterocycles. The predicted octanol–water partition coefficient (Wildman–Crippen LogP) is 4.45. The third-order valence-electron chi connectivity index (χ3n) is 3.06. The van der Waals surface area contributed by atoms with E-state index in [1.165, 1.54) is 11.5 Å². The molecule has 0 spiro atoms. The lowest BCUT2D eigenvalue weighted by Gasteiger charge is -2.15. The summed E-state index contributed by atoms with van der Waals surface area (Å²) in [6.45, 7) is 5.96. The Kier molecular flexibility index (Phi) is 5.20. The minimum absolute atomic E-state index is 0.0373. The number of anilines is 1. The van der Waals surface area contributed by atoms with Crippen molar-refractivity contribution in [3.05, 3.63) is 46.1 Å². The monoisotopic (exact) mass is 324 g/mol. The molecular formula is C15H17ClN2O2S. The van der Waals surface area contributed by atoms with Crippen LogP contribution in [0.1, 0.15) is 41.5 Å². The fourth-order valence-electron chi connectivity index (χ4n) is 1.94. The van der Waals surface area contributed by atoms with Gasteiger partial charge in [-0.1, -0.05) is 23.7 Å². The summed E-state index contributed by atoms with van der Waals surface area (Å²) in [5.41, 5.74) is 2.28. The molecule has 112 valence electrons. The van der Waals surface area contributed by atoms with Crippen molar-refractivity contribution in [2.45, 2.75) is 26.8 Å². The second-order valence-electron chi connectivity index (χ2n) is 4.61. The van der Waals surface area contributed by atoms with Crippen LogP contribution < -0.4 is 5.32 Å². The largest absolute Gasteiger partial charge is 0.462 e. The lowest BCUT2D eigenvalue weighted by atomic mass is 10.1. The third-order valence-corrected chi connectivity index (χ3v) is 4.18. The Morgan fingerprint density at radius 1 is 1.43 bits per heavy atom. The highest BCUT2D eigenvalue weighted by Gasteiger charge is 2.21. The number of ether oxygens (including phenoxy) is 1. The number of benzene rings is 1. The van der Waals surface area contributed by atoms with E-state index in [-0.39, 0.29) is 12.0 Å². The molecule has 0 saturated heterocycles. The number of esters is 1. The number of carbonyl (C=O) groups excluding carboxylic acids is 1. The van der Waals surface area contributed by atoms with Gasteiger partial charge in [-0.2, -0.15) is 4.37 Å².